The minimum Gasteiger partial charge on any atom is -0.381 e. The average Bonchev–Trinajstić information content (AvgIpc) is 1.65. The largest absolute Gasteiger partial charge is 0.381 e. The van der Waals surface area contributed by atoms with E-state index in [1.807, 2.05) is 6.92 Å². The highest BCUT2D eigenvalue weighted by Gasteiger charge is 2.19. The second kappa shape index (κ2) is 3.15. The van der Waals surface area contributed by atoms with E-state index in [1.54, 1.807) is 18.7 Å². The second-order valence-electron chi connectivity index (χ2n) is 2.49. The van der Waals surface area contributed by atoms with Crippen molar-refractivity contribution in [2.24, 2.45) is 0 Å². The monoisotopic (exact) mass is 133 g/mol. The van der Waals surface area contributed by atoms with Crippen molar-refractivity contribution in [3.8, 4) is 0 Å². The lowest BCUT2D eigenvalue weighted by atomic mass is 10.3. The molecule has 0 fully saturated rings. The van der Waals surface area contributed by atoms with E-state index in [0.29, 0.717) is 6.54 Å². The Labute approximate surface area is 55.9 Å². The van der Waals surface area contributed by atoms with Crippen LogP contribution in [0, 0.1) is 0 Å². The lowest BCUT2D eigenvalue weighted by Crippen LogP contribution is -2.43. The smallest absolute Gasteiger partial charge is 0.114 e. The molecule has 0 radical (unpaired) electrons. The molecule has 0 saturated carbocycles. The van der Waals surface area contributed by atoms with Gasteiger partial charge in [0.05, 0.1) is 6.73 Å². The molecule has 0 aromatic rings. The molecule has 0 aromatic heterocycles. The van der Waals surface area contributed by atoms with Gasteiger partial charge in [-0.25, -0.2) is 0 Å². The Morgan fingerprint density at radius 3 is 1.89 bits per heavy atom. The van der Waals surface area contributed by atoms with Crippen LogP contribution >= 0.6 is 0 Å². The molecular formula is C6H15NO2. The molecule has 0 bridgehead atoms. The lowest BCUT2D eigenvalue weighted by Gasteiger charge is -2.30. The summed E-state index contributed by atoms with van der Waals surface area (Å²) >= 11 is 0. The lowest BCUT2D eigenvalue weighted by molar-refractivity contribution is -0.110. The van der Waals surface area contributed by atoms with Gasteiger partial charge in [0.2, 0.25) is 0 Å². The third-order valence-corrected chi connectivity index (χ3v) is 1.33. The van der Waals surface area contributed by atoms with Gasteiger partial charge < -0.3 is 10.2 Å². The van der Waals surface area contributed by atoms with E-state index in [-0.39, 0.29) is 6.73 Å². The van der Waals surface area contributed by atoms with Crippen LogP contribution in [-0.2, 0) is 0 Å². The van der Waals surface area contributed by atoms with Gasteiger partial charge in [-0.2, -0.15) is 0 Å². The Hall–Kier alpha value is -0.120. The van der Waals surface area contributed by atoms with E-state index in [0.717, 1.165) is 0 Å². The van der Waals surface area contributed by atoms with Gasteiger partial charge >= 0.3 is 0 Å². The summed E-state index contributed by atoms with van der Waals surface area (Å²) < 4.78 is 0. The fourth-order valence-corrected chi connectivity index (χ4v) is 0.660. The molecule has 3 nitrogen and oxygen atoms in total. The number of aliphatic hydroxyl groups excluding tert-OH is 1. The first-order chi connectivity index (χ1) is 4.02. The summed E-state index contributed by atoms with van der Waals surface area (Å²) in [6, 6.07) is 0. The molecule has 0 aliphatic rings. The molecular weight excluding hydrogens is 118 g/mol. The number of aliphatic hydroxyl groups is 2. The summed E-state index contributed by atoms with van der Waals surface area (Å²) in [6.45, 7) is 5.73. The van der Waals surface area contributed by atoms with Gasteiger partial charge in [-0.05, 0) is 13.8 Å². The highest BCUT2D eigenvalue weighted by molar-refractivity contribution is 4.63. The summed E-state index contributed by atoms with van der Waals surface area (Å²) in [6.07, 6.45) is 0. The van der Waals surface area contributed by atoms with Crippen molar-refractivity contribution in [1.29, 1.82) is 0 Å². The molecule has 0 saturated heterocycles. The molecule has 2 N–H and O–H groups in total. The fraction of sp³-hybridized carbons (Fsp3) is 1.00. The molecule has 0 aliphatic carbocycles. The zero-order valence-corrected chi connectivity index (χ0v) is 6.26. The topological polar surface area (TPSA) is 43.7 Å². The Balaban J connectivity index is 3.79. The number of hydrogen-bond donors (Lipinski definition) is 2. The predicted octanol–water partition coefficient (Wildman–Crippen LogP) is -0.0135. The molecule has 0 unspecified atom stereocenters. The van der Waals surface area contributed by atoms with Crippen molar-refractivity contribution in [2.75, 3.05) is 13.3 Å². The third-order valence-electron chi connectivity index (χ3n) is 1.33. The van der Waals surface area contributed by atoms with Crippen molar-refractivity contribution in [3.63, 3.8) is 0 Å². The van der Waals surface area contributed by atoms with E-state index in [2.05, 4.69) is 0 Å². The van der Waals surface area contributed by atoms with Gasteiger partial charge in [-0.3, -0.25) is 4.90 Å². The van der Waals surface area contributed by atoms with Crippen LogP contribution in [0.4, 0.5) is 0 Å². The summed E-state index contributed by atoms with van der Waals surface area (Å²) in [7, 11) is 0. The second-order valence-corrected chi connectivity index (χ2v) is 2.49. The maximum absolute atomic E-state index is 9.24. The molecule has 0 amide bonds. The predicted molar refractivity (Wildman–Crippen MR) is 35.8 cm³/mol. The highest BCUT2D eigenvalue weighted by atomic mass is 16.3. The first kappa shape index (κ1) is 8.88. The number of hydrogen-bond acceptors (Lipinski definition) is 3. The van der Waals surface area contributed by atoms with Crippen molar-refractivity contribution in [1.82, 2.24) is 4.90 Å². The molecule has 3 heteroatoms. The van der Waals surface area contributed by atoms with Gasteiger partial charge in [0.15, 0.2) is 0 Å². The number of rotatable bonds is 3. The van der Waals surface area contributed by atoms with Gasteiger partial charge in [-0.15, -0.1) is 0 Å². The minimum atomic E-state index is -0.899. The zero-order valence-electron chi connectivity index (χ0n) is 6.26. The molecule has 0 atom stereocenters. The Morgan fingerprint density at radius 1 is 1.44 bits per heavy atom. The standard InChI is InChI=1S/C6H15NO2/c1-4-7(5-8)6(2,3)9/h8-9H,4-5H2,1-3H3. The number of nitrogens with zero attached hydrogens (tertiary/aromatic N) is 1. The van der Waals surface area contributed by atoms with Crippen molar-refractivity contribution < 1.29 is 10.2 Å². The van der Waals surface area contributed by atoms with Gasteiger partial charge in [0, 0.05) is 6.54 Å². The van der Waals surface area contributed by atoms with E-state index < -0.39 is 5.72 Å². The molecule has 0 rings (SSSR count). The van der Waals surface area contributed by atoms with E-state index in [9.17, 15) is 5.11 Å². The van der Waals surface area contributed by atoms with Crippen LogP contribution in [0.3, 0.4) is 0 Å². The normalized spacial score (nSPS) is 12.7. The first-order valence-corrected chi connectivity index (χ1v) is 3.10. The highest BCUT2D eigenvalue weighted by Crippen LogP contribution is 2.06. The van der Waals surface area contributed by atoms with Gasteiger partial charge in [0.25, 0.3) is 0 Å². The van der Waals surface area contributed by atoms with Crippen LogP contribution in [0.5, 0.6) is 0 Å². The van der Waals surface area contributed by atoms with Crippen LogP contribution in [0.15, 0.2) is 0 Å². The summed E-state index contributed by atoms with van der Waals surface area (Å²) in [5.74, 6) is 0. The SMILES string of the molecule is CCN(CO)C(C)(C)O. The van der Waals surface area contributed by atoms with E-state index in [1.165, 1.54) is 0 Å². The summed E-state index contributed by atoms with van der Waals surface area (Å²) in [4.78, 5) is 1.55. The Bertz CT molecular complexity index is 73.6. The Morgan fingerprint density at radius 2 is 1.89 bits per heavy atom. The van der Waals surface area contributed by atoms with Gasteiger partial charge in [0.1, 0.15) is 5.72 Å². The van der Waals surface area contributed by atoms with E-state index in [4.69, 9.17) is 5.11 Å². The molecule has 0 spiro atoms. The van der Waals surface area contributed by atoms with Crippen molar-refractivity contribution in [3.05, 3.63) is 0 Å². The molecule has 9 heavy (non-hydrogen) atoms. The maximum atomic E-state index is 9.24. The van der Waals surface area contributed by atoms with Crippen molar-refractivity contribution >= 4 is 0 Å². The maximum Gasteiger partial charge on any atom is 0.114 e. The van der Waals surface area contributed by atoms with Crippen molar-refractivity contribution in [2.45, 2.75) is 26.5 Å². The van der Waals surface area contributed by atoms with Crippen LogP contribution in [0.1, 0.15) is 20.8 Å². The zero-order chi connectivity index (χ0) is 7.49. The van der Waals surface area contributed by atoms with Crippen LogP contribution in [-0.4, -0.2) is 34.1 Å². The van der Waals surface area contributed by atoms with Crippen LogP contribution < -0.4 is 0 Å². The average molecular weight is 133 g/mol. The van der Waals surface area contributed by atoms with Crippen LogP contribution in [0.2, 0.25) is 0 Å². The van der Waals surface area contributed by atoms with E-state index >= 15 is 0 Å². The summed E-state index contributed by atoms with van der Waals surface area (Å²) in [5, 5.41) is 17.9. The fourth-order valence-electron chi connectivity index (χ4n) is 0.660. The Kier molecular flexibility index (Phi) is 3.11. The molecule has 0 aliphatic heterocycles. The van der Waals surface area contributed by atoms with Crippen LogP contribution in [0.25, 0.3) is 0 Å². The third kappa shape index (κ3) is 2.79. The molecule has 0 heterocycles. The first-order valence-electron chi connectivity index (χ1n) is 3.10. The van der Waals surface area contributed by atoms with Gasteiger partial charge in [-0.1, -0.05) is 6.92 Å². The quantitative estimate of drug-likeness (QED) is 0.532. The summed E-state index contributed by atoms with van der Waals surface area (Å²) in [5.41, 5.74) is -0.899. The molecule has 0 aromatic carbocycles. The minimum absolute atomic E-state index is 0.0972. The molecule has 56 valence electrons.